The highest BCUT2D eigenvalue weighted by Crippen LogP contribution is 2.31. The molecule has 2 N–H and O–H groups in total. The molecule has 0 radical (unpaired) electrons. The van der Waals surface area contributed by atoms with E-state index in [0.29, 0.717) is 15.8 Å². The Bertz CT molecular complexity index is 568. The fraction of sp³-hybridized carbons (Fsp3) is 0.100. The summed E-state index contributed by atoms with van der Waals surface area (Å²) in [6.45, 7) is 1.80. The van der Waals surface area contributed by atoms with Crippen LogP contribution in [0, 0.1) is 17.0 Å². The second-order valence-corrected chi connectivity index (χ2v) is 4.40. The number of aryl methyl sites for hydroxylation is 1. The van der Waals surface area contributed by atoms with Crippen molar-refractivity contribution in [1.29, 1.82) is 0 Å². The molecular weight excluding hydrogens is 242 g/mol. The van der Waals surface area contributed by atoms with Crippen LogP contribution in [-0.4, -0.2) is 9.91 Å². The molecular formula is C10H9N3O3S. The molecule has 2 rings (SSSR count). The van der Waals surface area contributed by atoms with Gasteiger partial charge < -0.3 is 10.2 Å². The first-order valence-electron chi connectivity index (χ1n) is 4.69. The van der Waals surface area contributed by atoms with Crippen LogP contribution in [0.2, 0.25) is 0 Å². The van der Waals surface area contributed by atoms with Gasteiger partial charge >= 0.3 is 0 Å². The van der Waals surface area contributed by atoms with E-state index >= 15 is 0 Å². The van der Waals surface area contributed by atoms with Crippen molar-refractivity contribution in [1.82, 2.24) is 4.98 Å². The molecule has 0 atom stereocenters. The fourth-order valence-electron chi connectivity index (χ4n) is 1.25. The Morgan fingerprint density at radius 2 is 2.24 bits per heavy atom. The lowest BCUT2D eigenvalue weighted by molar-refractivity contribution is -0.385. The van der Waals surface area contributed by atoms with E-state index in [-0.39, 0.29) is 5.69 Å². The number of hydrogen-bond acceptors (Lipinski definition) is 6. The van der Waals surface area contributed by atoms with E-state index < -0.39 is 4.92 Å². The summed E-state index contributed by atoms with van der Waals surface area (Å²) in [5, 5.41) is 11.1. The van der Waals surface area contributed by atoms with E-state index in [1.54, 1.807) is 13.0 Å². The van der Waals surface area contributed by atoms with Gasteiger partial charge in [-0.3, -0.25) is 10.1 Å². The van der Waals surface area contributed by atoms with Crippen LogP contribution in [0.4, 0.5) is 11.4 Å². The van der Waals surface area contributed by atoms with Crippen LogP contribution in [-0.2, 0) is 0 Å². The standard InChI is InChI=1S/C10H9N3O3S/c1-6-5-16-10(12-6)17-9-3-7(11)2-8(4-9)13(14)15/h2-5H,11H2,1H3. The number of aromatic nitrogens is 1. The topological polar surface area (TPSA) is 95.2 Å². The van der Waals surface area contributed by atoms with Crippen molar-refractivity contribution in [3.63, 3.8) is 0 Å². The number of oxazole rings is 1. The minimum Gasteiger partial charge on any atom is -0.439 e. The molecule has 1 aromatic carbocycles. The predicted octanol–water partition coefficient (Wildman–Crippen LogP) is 2.62. The van der Waals surface area contributed by atoms with Gasteiger partial charge in [0.25, 0.3) is 10.9 Å². The number of nitrogens with two attached hydrogens (primary N) is 1. The highest BCUT2D eigenvalue weighted by Gasteiger charge is 2.11. The van der Waals surface area contributed by atoms with Crippen LogP contribution in [0.5, 0.6) is 0 Å². The largest absolute Gasteiger partial charge is 0.439 e. The van der Waals surface area contributed by atoms with E-state index in [9.17, 15) is 10.1 Å². The maximum absolute atomic E-state index is 10.7. The normalized spacial score (nSPS) is 10.4. The Labute approximate surface area is 101 Å². The monoisotopic (exact) mass is 251 g/mol. The molecule has 7 heteroatoms. The zero-order valence-corrected chi connectivity index (χ0v) is 9.73. The Morgan fingerprint density at radius 3 is 2.82 bits per heavy atom. The van der Waals surface area contributed by atoms with Gasteiger partial charge in [0.2, 0.25) is 0 Å². The van der Waals surface area contributed by atoms with Gasteiger partial charge in [-0.25, -0.2) is 4.98 Å². The number of nitrogen functional groups attached to an aromatic ring is 1. The first-order chi connectivity index (χ1) is 8.04. The SMILES string of the molecule is Cc1coc(Sc2cc(N)cc([N+](=O)[O-])c2)n1. The molecule has 1 heterocycles. The van der Waals surface area contributed by atoms with Gasteiger partial charge in [0.15, 0.2) is 0 Å². The van der Waals surface area contributed by atoms with Crippen molar-refractivity contribution in [3.05, 3.63) is 40.3 Å². The number of benzene rings is 1. The third-order valence-corrected chi connectivity index (χ3v) is 2.76. The Hall–Kier alpha value is -2.02. The zero-order chi connectivity index (χ0) is 12.4. The molecule has 0 aliphatic rings. The Morgan fingerprint density at radius 1 is 1.47 bits per heavy atom. The van der Waals surface area contributed by atoms with Crippen molar-refractivity contribution in [2.24, 2.45) is 0 Å². The van der Waals surface area contributed by atoms with Gasteiger partial charge in [0, 0.05) is 22.7 Å². The molecule has 0 fully saturated rings. The van der Waals surface area contributed by atoms with E-state index in [1.165, 1.54) is 30.2 Å². The van der Waals surface area contributed by atoms with Crippen molar-refractivity contribution in [3.8, 4) is 0 Å². The molecule has 88 valence electrons. The molecule has 0 aliphatic heterocycles. The number of non-ortho nitro benzene ring substituents is 1. The fourth-order valence-corrected chi connectivity index (χ4v) is 2.11. The van der Waals surface area contributed by atoms with Crippen molar-refractivity contribution < 1.29 is 9.34 Å². The van der Waals surface area contributed by atoms with E-state index in [0.717, 1.165) is 5.69 Å². The predicted molar refractivity (Wildman–Crippen MR) is 62.9 cm³/mol. The van der Waals surface area contributed by atoms with Gasteiger partial charge in [0.05, 0.1) is 10.6 Å². The molecule has 0 spiro atoms. The molecule has 2 aromatic rings. The molecule has 0 amide bonds. The third kappa shape index (κ3) is 2.76. The van der Waals surface area contributed by atoms with Crippen molar-refractivity contribution in [2.75, 3.05) is 5.73 Å². The second-order valence-electron chi connectivity index (χ2n) is 3.37. The minimum absolute atomic E-state index is 0.0456. The van der Waals surface area contributed by atoms with Crippen molar-refractivity contribution in [2.45, 2.75) is 17.0 Å². The van der Waals surface area contributed by atoms with Crippen LogP contribution in [0.3, 0.4) is 0 Å². The average molecular weight is 251 g/mol. The molecule has 1 aromatic heterocycles. The molecule has 0 bridgehead atoms. The maximum atomic E-state index is 10.7. The number of nitro groups is 1. The molecule has 17 heavy (non-hydrogen) atoms. The van der Waals surface area contributed by atoms with Gasteiger partial charge in [0.1, 0.15) is 6.26 Å². The summed E-state index contributed by atoms with van der Waals surface area (Å²) in [7, 11) is 0. The Kier molecular flexibility index (Phi) is 3.01. The van der Waals surface area contributed by atoms with E-state index in [4.69, 9.17) is 10.2 Å². The molecule has 0 saturated carbocycles. The number of nitrogens with zero attached hydrogens (tertiary/aromatic N) is 2. The van der Waals surface area contributed by atoms with Crippen LogP contribution >= 0.6 is 11.8 Å². The lowest BCUT2D eigenvalue weighted by atomic mass is 10.3. The number of rotatable bonds is 3. The van der Waals surface area contributed by atoms with Gasteiger partial charge in [-0.1, -0.05) is 0 Å². The van der Waals surface area contributed by atoms with Gasteiger partial charge in [-0.2, -0.15) is 0 Å². The second kappa shape index (κ2) is 4.46. The van der Waals surface area contributed by atoms with Crippen LogP contribution in [0.25, 0.3) is 0 Å². The van der Waals surface area contributed by atoms with E-state index in [1.807, 2.05) is 0 Å². The molecule has 0 aliphatic carbocycles. The third-order valence-electron chi connectivity index (χ3n) is 1.93. The van der Waals surface area contributed by atoms with Crippen LogP contribution < -0.4 is 5.73 Å². The smallest absolute Gasteiger partial charge is 0.272 e. The van der Waals surface area contributed by atoms with Gasteiger partial charge in [-0.15, -0.1) is 0 Å². The van der Waals surface area contributed by atoms with Crippen LogP contribution in [0.15, 0.2) is 39.0 Å². The summed E-state index contributed by atoms with van der Waals surface area (Å²) in [5.74, 6) is 0. The Balaban J connectivity index is 2.29. The first-order valence-corrected chi connectivity index (χ1v) is 5.51. The molecule has 6 nitrogen and oxygen atoms in total. The highest BCUT2D eigenvalue weighted by molar-refractivity contribution is 7.99. The van der Waals surface area contributed by atoms with Crippen molar-refractivity contribution >= 4 is 23.1 Å². The van der Waals surface area contributed by atoms with Crippen LogP contribution in [0.1, 0.15) is 5.69 Å². The summed E-state index contributed by atoms with van der Waals surface area (Å²) >= 11 is 1.19. The summed E-state index contributed by atoms with van der Waals surface area (Å²) in [6, 6.07) is 4.38. The maximum Gasteiger partial charge on any atom is 0.272 e. The quantitative estimate of drug-likeness (QED) is 0.511. The first kappa shape index (κ1) is 11.5. The minimum atomic E-state index is -0.485. The number of anilines is 1. The van der Waals surface area contributed by atoms with Gasteiger partial charge in [-0.05, 0) is 24.8 Å². The highest BCUT2D eigenvalue weighted by atomic mass is 32.2. The molecule has 0 saturated heterocycles. The summed E-state index contributed by atoms with van der Waals surface area (Å²) < 4.78 is 5.15. The summed E-state index contributed by atoms with van der Waals surface area (Å²) in [5.41, 5.74) is 6.64. The summed E-state index contributed by atoms with van der Waals surface area (Å²) in [6.07, 6.45) is 1.52. The lowest BCUT2D eigenvalue weighted by Gasteiger charge is -1.99. The summed E-state index contributed by atoms with van der Waals surface area (Å²) in [4.78, 5) is 14.9. The average Bonchev–Trinajstić information content (AvgIpc) is 2.63. The number of nitro benzene ring substituents is 1. The van der Waals surface area contributed by atoms with E-state index in [2.05, 4.69) is 4.98 Å². The lowest BCUT2D eigenvalue weighted by Crippen LogP contribution is -1.92. The zero-order valence-electron chi connectivity index (χ0n) is 8.91. The number of hydrogen-bond donors (Lipinski definition) is 1. The molecule has 0 unspecified atom stereocenters.